The lowest BCUT2D eigenvalue weighted by molar-refractivity contribution is 0.426. The highest BCUT2D eigenvalue weighted by Gasteiger charge is 2.27. The van der Waals surface area contributed by atoms with Crippen molar-refractivity contribution in [2.75, 3.05) is 5.73 Å². The molecule has 3 nitrogen and oxygen atoms in total. The third kappa shape index (κ3) is 2.08. The molecular weight excluding hydrogens is 271 g/mol. The van der Waals surface area contributed by atoms with Crippen LogP contribution < -0.4 is 5.73 Å². The van der Waals surface area contributed by atoms with Crippen molar-refractivity contribution in [2.45, 2.75) is 19.3 Å². The van der Waals surface area contributed by atoms with Gasteiger partial charge in [-0.3, -0.25) is 0 Å². The Morgan fingerprint density at radius 2 is 1.89 bits per heavy atom. The number of halogens is 2. The van der Waals surface area contributed by atoms with E-state index in [0.717, 1.165) is 23.2 Å². The maximum Gasteiger partial charge on any atom is 0.230 e. The van der Waals surface area contributed by atoms with E-state index in [9.17, 15) is 0 Å². The maximum absolute atomic E-state index is 6.21. The van der Waals surface area contributed by atoms with Gasteiger partial charge in [0.25, 0.3) is 0 Å². The second-order valence-electron chi connectivity index (χ2n) is 4.61. The Labute approximate surface area is 115 Å². The normalized spacial score (nSPS) is 15.0. The Balaban J connectivity index is 2.12. The lowest BCUT2D eigenvalue weighted by Gasteiger charge is -2.06. The summed E-state index contributed by atoms with van der Waals surface area (Å²) in [5.41, 5.74) is 8.18. The van der Waals surface area contributed by atoms with Gasteiger partial charge < -0.3 is 10.3 Å². The molecule has 1 fully saturated rings. The van der Waals surface area contributed by atoms with Crippen LogP contribution in [0.2, 0.25) is 10.0 Å². The molecule has 1 aliphatic rings. The minimum Gasteiger partial charge on any atom is -0.367 e. The van der Waals surface area contributed by atoms with E-state index in [1.54, 1.807) is 18.2 Å². The zero-order valence-electron chi connectivity index (χ0n) is 9.62. The molecular formula is C13H12Cl2N2O. The maximum atomic E-state index is 6.21. The van der Waals surface area contributed by atoms with Gasteiger partial charge in [-0.1, -0.05) is 34.4 Å². The summed E-state index contributed by atoms with van der Waals surface area (Å²) in [4.78, 5) is 0. The van der Waals surface area contributed by atoms with E-state index in [1.165, 1.54) is 12.8 Å². The molecule has 0 amide bonds. The van der Waals surface area contributed by atoms with Crippen LogP contribution in [0.5, 0.6) is 0 Å². The first kappa shape index (κ1) is 11.9. The summed E-state index contributed by atoms with van der Waals surface area (Å²) >= 11 is 12.4. The third-order valence-corrected chi connectivity index (χ3v) is 3.81. The predicted molar refractivity (Wildman–Crippen MR) is 72.8 cm³/mol. The molecule has 0 spiro atoms. The van der Waals surface area contributed by atoms with Crippen molar-refractivity contribution in [3.63, 3.8) is 0 Å². The van der Waals surface area contributed by atoms with Gasteiger partial charge in [0.15, 0.2) is 0 Å². The zero-order chi connectivity index (χ0) is 12.7. The van der Waals surface area contributed by atoms with Gasteiger partial charge in [0, 0.05) is 5.56 Å². The lowest BCUT2D eigenvalue weighted by atomic mass is 10.0. The predicted octanol–water partition coefficient (Wildman–Crippen LogP) is 4.18. The van der Waals surface area contributed by atoms with Gasteiger partial charge in [0.05, 0.1) is 21.3 Å². The molecule has 0 aliphatic heterocycles. The van der Waals surface area contributed by atoms with E-state index >= 15 is 0 Å². The smallest absolute Gasteiger partial charge is 0.230 e. The van der Waals surface area contributed by atoms with Crippen LogP contribution in [0, 0.1) is 5.92 Å². The van der Waals surface area contributed by atoms with Gasteiger partial charge >= 0.3 is 0 Å². The molecule has 1 saturated carbocycles. The fourth-order valence-corrected chi connectivity index (χ4v) is 2.66. The molecule has 1 aromatic heterocycles. The number of anilines is 1. The average Bonchev–Trinajstić information content (AvgIpc) is 3.07. The van der Waals surface area contributed by atoms with Gasteiger partial charge in [-0.25, -0.2) is 0 Å². The molecule has 1 aromatic carbocycles. The summed E-state index contributed by atoms with van der Waals surface area (Å²) < 4.78 is 5.10. The second-order valence-corrected chi connectivity index (χ2v) is 5.43. The van der Waals surface area contributed by atoms with Gasteiger partial charge in [-0.15, -0.1) is 0 Å². The Kier molecular flexibility index (Phi) is 2.96. The highest BCUT2D eigenvalue weighted by atomic mass is 35.5. The van der Waals surface area contributed by atoms with Crippen LogP contribution in [0.1, 0.15) is 18.5 Å². The lowest BCUT2D eigenvalue weighted by Crippen LogP contribution is -1.94. The fraction of sp³-hybridized carbons (Fsp3) is 0.308. The standard InChI is InChI=1S/C13H12Cl2N2O/c14-8-2-1-3-9(15)11(8)12-10(6-7-4-5-7)17-18-13(12)16/h1-3,7H,4-6,16H2. The summed E-state index contributed by atoms with van der Waals surface area (Å²) in [5, 5.41) is 5.17. The van der Waals surface area contributed by atoms with Gasteiger partial charge in [-0.05, 0) is 37.3 Å². The highest BCUT2D eigenvalue weighted by molar-refractivity contribution is 6.39. The fourth-order valence-electron chi connectivity index (χ4n) is 2.08. The summed E-state index contributed by atoms with van der Waals surface area (Å²) in [6.45, 7) is 0. The molecule has 0 unspecified atom stereocenters. The largest absolute Gasteiger partial charge is 0.367 e. The molecule has 0 atom stereocenters. The number of nitrogens with zero attached hydrogens (tertiary/aromatic N) is 1. The second kappa shape index (κ2) is 4.48. The van der Waals surface area contributed by atoms with Crippen molar-refractivity contribution in [1.82, 2.24) is 5.16 Å². The van der Waals surface area contributed by atoms with Crippen molar-refractivity contribution in [1.29, 1.82) is 0 Å². The summed E-state index contributed by atoms with van der Waals surface area (Å²) in [6, 6.07) is 5.38. The van der Waals surface area contributed by atoms with Crippen molar-refractivity contribution < 1.29 is 4.52 Å². The number of hydrogen-bond donors (Lipinski definition) is 1. The van der Waals surface area contributed by atoms with Crippen LogP contribution in [-0.4, -0.2) is 5.16 Å². The molecule has 0 bridgehead atoms. The molecule has 18 heavy (non-hydrogen) atoms. The molecule has 1 aliphatic carbocycles. The molecule has 2 N–H and O–H groups in total. The minimum absolute atomic E-state index is 0.278. The number of rotatable bonds is 3. The van der Waals surface area contributed by atoms with Crippen molar-refractivity contribution in [3.8, 4) is 11.1 Å². The number of aromatic nitrogens is 1. The molecule has 0 saturated heterocycles. The molecule has 3 rings (SSSR count). The number of nitrogens with two attached hydrogens (primary N) is 1. The van der Waals surface area contributed by atoms with Crippen LogP contribution in [0.3, 0.4) is 0 Å². The Bertz CT molecular complexity index is 570. The van der Waals surface area contributed by atoms with E-state index in [1.807, 2.05) is 0 Å². The van der Waals surface area contributed by atoms with Gasteiger partial charge in [-0.2, -0.15) is 0 Å². The Morgan fingerprint density at radius 1 is 1.22 bits per heavy atom. The minimum atomic E-state index is 0.278. The van der Waals surface area contributed by atoms with E-state index < -0.39 is 0 Å². The first-order valence-electron chi connectivity index (χ1n) is 5.85. The molecule has 0 radical (unpaired) electrons. The van der Waals surface area contributed by atoms with Crippen LogP contribution in [0.25, 0.3) is 11.1 Å². The van der Waals surface area contributed by atoms with Crippen LogP contribution in [0.15, 0.2) is 22.7 Å². The van der Waals surface area contributed by atoms with E-state index in [2.05, 4.69) is 5.16 Å². The highest BCUT2D eigenvalue weighted by Crippen LogP contribution is 2.42. The van der Waals surface area contributed by atoms with Gasteiger partial charge in [0.1, 0.15) is 0 Å². The van der Waals surface area contributed by atoms with Crippen LogP contribution in [-0.2, 0) is 6.42 Å². The van der Waals surface area contributed by atoms with Gasteiger partial charge in [0.2, 0.25) is 5.88 Å². The van der Waals surface area contributed by atoms with Crippen molar-refractivity contribution in [2.24, 2.45) is 5.92 Å². The molecule has 1 heterocycles. The monoisotopic (exact) mass is 282 g/mol. The van der Waals surface area contributed by atoms with Crippen molar-refractivity contribution >= 4 is 29.1 Å². The SMILES string of the molecule is Nc1onc(CC2CC2)c1-c1c(Cl)cccc1Cl. The van der Waals surface area contributed by atoms with Crippen molar-refractivity contribution in [3.05, 3.63) is 33.9 Å². The average molecular weight is 283 g/mol. The topological polar surface area (TPSA) is 52.0 Å². The Hall–Kier alpha value is -1.19. The summed E-state index contributed by atoms with van der Waals surface area (Å²) in [5.74, 6) is 0.968. The summed E-state index contributed by atoms with van der Waals surface area (Å²) in [6.07, 6.45) is 3.35. The first-order valence-corrected chi connectivity index (χ1v) is 6.61. The zero-order valence-corrected chi connectivity index (χ0v) is 11.1. The summed E-state index contributed by atoms with van der Waals surface area (Å²) in [7, 11) is 0. The van der Waals surface area contributed by atoms with Crippen LogP contribution in [0.4, 0.5) is 5.88 Å². The number of benzene rings is 1. The van der Waals surface area contributed by atoms with E-state index in [4.69, 9.17) is 33.5 Å². The van der Waals surface area contributed by atoms with E-state index in [0.29, 0.717) is 16.0 Å². The third-order valence-electron chi connectivity index (χ3n) is 3.18. The number of nitrogen functional groups attached to an aromatic ring is 1. The molecule has 2 aromatic rings. The van der Waals surface area contributed by atoms with Crippen LogP contribution >= 0.6 is 23.2 Å². The molecule has 5 heteroatoms. The van der Waals surface area contributed by atoms with E-state index in [-0.39, 0.29) is 5.88 Å². The molecule has 94 valence electrons. The first-order chi connectivity index (χ1) is 8.66. The number of hydrogen-bond acceptors (Lipinski definition) is 3. The Morgan fingerprint density at radius 3 is 2.50 bits per heavy atom. The quantitative estimate of drug-likeness (QED) is 0.919.